The highest BCUT2D eigenvalue weighted by Crippen LogP contribution is 2.31. The Balaban J connectivity index is 1.45. The minimum Gasteiger partial charge on any atom is -0.370 e. The third kappa shape index (κ3) is 3.73. The van der Waals surface area contributed by atoms with Gasteiger partial charge in [-0.05, 0) is 29.8 Å². The predicted octanol–water partition coefficient (Wildman–Crippen LogP) is 3.71. The van der Waals surface area contributed by atoms with Crippen molar-refractivity contribution < 1.29 is 17.9 Å². The Morgan fingerprint density at radius 3 is 2.53 bits per heavy atom. The van der Waals surface area contributed by atoms with E-state index in [4.69, 9.17) is 4.74 Å². The molecule has 1 aliphatic heterocycles. The van der Waals surface area contributed by atoms with E-state index in [1.54, 1.807) is 4.68 Å². The molecule has 1 atom stereocenters. The molecule has 32 heavy (non-hydrogen) atoms. The highest BCUT2D eigenvalue weighted by Gasteiger charge is 2.31. The minimum atomic E-state index is -4.39. The second-order valence-corrected chi connectivity index (χ2v) is 7.44. The smallest absolute Gasteiger partial charge is 0.370 e. The molecule has 2 aromatic heterocycles. The highest BCUT2D eigenvalue weighted by molar-refractivity contribution is 5.76. The second-order valence-electron chi connectivity index (χ2n) is 7.44. The summed E-state index contributed by atoms with van der Waals surface area (Å²) in [5.74, 6) is 0.361. The number of aromatic nitrogens is 4. The fourth-order valence-electron chi connectivity index (χ4n) is 3.74. The summed E-state index contributed by atoms with van der Waals surface area (Å²) in [6, 6.07) is 14.3. The minimum absolute atomic E-state index is 0.315. The number of nitrogens with one attached hydrogen (secondary N) is 1. The number of morpholine rings is 1. The SMILES string of the molecule is O=c1[nH]c(N2CCOC(c3ccc(C(F)(F)F)cc3)C2)nc2c1cnn2-c1ccccc1. The number of nitrogens with zero attached hydrogens (tertiary/aromatic N) is 4. The Morgan fingerprint density at radius 2 is 1.81 bits per heavy atom. The fourth-order valence-corrected chi connectivity index (χ4v) is 3.74. The molecule has 1 fully saturated rings. The van der Waals surface area contributed by atoms with Crippen molar-refractivity contribution in [1.29, 1.82) is 0 Å². The Kier molecular flexibility index (Phi) is 4.93. The van der Waals surface area contributed by atoms with Gasteiger partial charge in [0.1, 0.15) is 11.5 Å². The average Bonchev–Trinajstić information content (AvgIpc) is 3.24. The zero-order valence-corrected chi connectivity index (χ0v) is 16.7. The van der Waals surface area contributed by atoms with E-state index in [0.717, 1.165) is 17.8 Å². The fraction of sp³-hybridized carbons (Fsp3) is 0.227. The van der Waals surface area contributed by atoms with Gasteiger partial charge in [0.2, 0.25) is 5.95 Å². The van der Waals surface area contributed by atoms with Crippen molar-refractivity contribution in [2.75, 3.05) is 24.6 Å². The molecule has 0 radical (unpaired) electrons. The van der Waals surface area contributed by atoms with E-state index in [0.29, 0.717) is 42.2 Å². The van der Waals surface area contributed by atoms with E-state index >= 15 is 0 Å². The zero-order valence-electron chi connectivity index (χ0n) is 16.7. The van der Waals surface area contributed by atoms with Crippen molar-refractivity contribution in [3.05, 3.63) is 82.3 Å². The van der Waals surface area contributed by atoms with Crippen LogP contribution >= 0.6 is 0 Å². The lowest BCUT2D eigenvalue weighted by Gasteiger charge is -2.33. The number of H-pyrrole nitrogens is 1. The van der Waals surface area contributed by atoms with Crippen molar-refractivity contribution in [1.82, 2.24) is 19.7 Å². The number of benzene rings is 2. The summed E-state index contributed by atoms with van der Waals surface area (Å²) in [7, 11) is 0. The maximum absolute atomic E-state index is 12.9. The summed E-state index contributed by atoms with van der Waals surface area (Å²) in [6.45, 7) is 1.15. The molecule has 5 rings (SSSR count). The van der Waals surface area contributed by atoms with Crippen LogP contribution in [0.2, 0.25) is 0 Å². The molecule has 0 bridgehead atoms. The van der Waals surface area contributed by atoms with Gasteiger partial charge in [-0.15, -0.1) is 0 Å². The molecule has 0 aliphatic carbocycles. The van der Waals surface area contributed by atoms with Crippen molar-refractivity contribution in [3.8, 4) is 5.69 Å². The van der Waals surface area contributed by atoms with Crippen LogP contribution in [-0.2, 0) is 10.9 Å². The molecule has 0 amide bonds. The number of rotatable bonds is 3. The first kappa shape index (κ1) is 20.3. The summed E-state index contributed by atoms with van der Waals surface area (Å²) in [5, 5.41) is 4.67. The molecule has 3 heterocycles. The quantitative estimate of drug-likeness (QED) is 0.525. The van der Waals surface area contributed by atoms with Gasteiger partial charge in [-0.2, -0.15) is 23.3 Å². The Hall–Kier alpha value is -3.66. The van der Waals surface area contributed by atoms with Gasteiger partial charge in [0.25, 0.3) is 5.56 Å². The molecule has 10 heteroatoms. The summed E-state index contributed by atoms with van der Waals surface area (Å²) in [4.78, 5) is 21.9. The number of fused-ring (bicyclic) bond motifs is 1. The standard InChI is InChI=1S/C22H18F3N5O2/c23-22(24,25)15-8-6-14(7-9-15)18-13-29(10-11-32-18)21-27-19-17(20(31)28-21)12-26-30(19)16-4-2-1-3-5-16/h1-9,12,18H,10-11,13H2,(H,27,28,31). The van der Waals surface area contributed by atoms with Gasteiger partial charge in [-0.1, -0.05) is 30.3 Å². The van der Waals surface area contributed by atoms with Gasteiger partial charge in [0.15, 0.2) is 5.65 Å². The first-order chi connectivity index (χ1) is 15.4. The van der Waals surface area contributed by atoms with Crippen LogP contribution in [0, 0.1) is 0 Å². The summed E-state index contributed by atoms with van der Waals surface area (Å²) in [6.07, 6.45) is -3.37. The van der Waals surface area contributed by atoms with E-state index in [2.05, 4.69) is 15.1 Å². The molecule has 1 N–H and O–H groups in total. The molecule has 1 unspecified atom stereocenters. The molecule has 7 nitrogen and oxygen atoms in total. The zero-order chi connectivity index (χ0) is 22.3. The summed E-state index contributed by atoms with van der Waals surface area (Å²) < 4.78 is 45.9. The van der Waals surface area contributed by atoms with E-state index in [1.165, 1.54) is 18.3 Å². The molecule has 0 saturated carbocycles. The monoisotopic (exact) mass is 441 g/mol. The maximum atomic E-state index is 12.9. The lowest BCUT2D eigenvalue weighted by atomic mass is 10.1. The van der Waals surface area contributed by atoms with Crippen molar-refractivity contribution in [2.24, 2.45) is 0 Å². The van der Waals surface area contributed by atoms with Crippen LogP contribution < -0.4 is 10.5 Å². The lowest BCUT2D eigenvalue weighted by molar-refractivity contribution is -0.137. The van der Waals surface area contributed by atoms with Crippen LogP contribution in [0.15, 0.2) is 65.6 Å². The van der Waals surface area contributed by atoms with E-state index in [1.807, 2.05) is 35.2 Å². The topological polar surface area (TPSA) is 76.0 Å². The van der Waals surface area contributed by atoms with Crippen LogP contribution in [-0.4, -0.2) is 39.4 Å². The van der Waals surface area contributed by atoms with Crippen LogP contribution in [0.25, 0.3) is 16.7 Å². The van der Waals surface area contributed by atoms with Crippen LogP contribution in [0.5, 0.6) is 0 Å². The summed E-state index contributed by atoms with van der Waals surface area (Å²) >= 11 is 0. The molecule has 4 aromatic rings. The second kappa shape index (κ2) is 7.79. The van der Waals surface area contributed by atoms with Crippen LogP contribution in [0.4, 0.5) is 19.1 Å². The van der Waals surface area contributed by atoms with E-state index in [9.17, 15) is 18.0 Å². The number of ether oxygens (including phenoxy) is 1. The molecule has 0 spiro atoms. The van der Waals surface area contributed by atoms with Gasteiger partial charge in [0, 0.05) is 6.54 Å². The number of para-hydroxylation sites is 1. The number of hydrogen-bond donors (Lipinski definition) is 1. The van der Waals surface area contributed by atoms with Crippen LogP contribution in [0.3, 0.4) is 0 Å². The molecule has 2 aromatic carbocycles. The van der Waals surface area contributed by atoms with Crippen molar-refractivity contribution in [3.63, 3.8) is 0 Å². The van der Waals surface area contributed by atoms with Gasteiger partial charge in [-0.25, -0.2) is 4.68 Å². The largest absolute Gasteiger partial charge is 0.416 e. The van der Waals surface area contributed by atoms with Gasteiger partial charge in [-0.3, -0.25) is 9.78 Å². The summed E-state index contributed by atoms with van der Waals surface area (Å²) in [5.41, 5.74) is 0.799. The van der Waals surface area contributed by atoms with Gasteiger partial charge >= 0.3 is 6.18 Å². The Bertz CT molecular complexity index is 1300. The average molecular weight is 441 g/mol. The van der Waals surface area contributed by atoms with Crippen molar-refractivity contribution >= 4 is 17.0 Å². The van der Waals surface area contributed by atoms with Crippen molar-refractivity contribution in [2.45, 2.75) is 12.3 Å². The Morgan fingerprint density at radius 1 is 1.06 bits per heavy atom. The number of hydrogen-bond acceptors (Lipinski definition) is 5. The Labute approximate surface area is 180 Å². The van der Waals surface area contributed by atoms with Gasteiger partial charge < -0.3 is 9.64 Å². The number of halogens is 3. The van der Waals surface area contributed by atoms with Crippen LogP contribution in [0.1, 0.15) is 17.2 Å². The third-order valence-corrected chi connectivity index (χ3v) is 5.40. The predicted molar refractivity (Wildman–Crippen MR) is 112 cm³/mol. The van der Waals surface area contributed by atoms with E-state index in [-0.39, 0.29) is 5.56 Å². The molecular weight excluding hydrogens is 423 g/mol. The lowest BCUT2D eigenvalue weighted by Crippen LogP contribution is -2.40. The first-order valence-corrected chi connectivity index (χ1v) is 9.97. The number of aromatic amines is 1. The third-order valence-electron chi connectivity index (χ3n) is 5.40. The molecule has 1 saturated heterocycles. The highest BCUT2D eigenvalue weighted by atomic mass is 19.4. The molecular formula is C22H18F3N5O2. The normalized spacial score (nSPS) is 17.1. The first-order valence-electron chi connectivity index (χ1n) is 9.97. The number of alkyl halides is 3. The molecule has 1 aliphatic rings. The number of anilines is 1. The van der Waals surface area contributed by atoms with E-state index < -0.39 is 17.8 Å². The molecule has 164 valence electrons. The maximum Gasteiger partial charge on any atom is 0.416 e. The van der Waals surface area contributed by atoms with Gasteiger partial charge in [0.05, 0.1) is 30.6 Å².